The van der Waals surface area contributed by atoms with Crippen molar-refractivity contribution in [2.24, 2.45) is 0 Å². The van der Waals surface area contributed by atoms with E-state index in [1.807, 2.05) is 30.3 Å². The number of nitrogens with one attached hydrogen (secondary N) is 2. The van der Waals surface area contributed by atoms with E-state index >= 15 is 0 Å². The number of hydrogen-bond acceptors (Lipinski definition) is 6. The minimum atomic E-state index is -4.04. The van der Waals surface area contributed by atoms with Gasteiger partial charge in [-0.05, 0) is 48.9 Å². The number of carbonyl (C=O) groups excluding carboxylic acids is 2. The number of amides is 2. The third kappa shape index (κ3) is 5.55. The molecule has 0 radical (unpaired) electrons. The van der Waals surface area contributed by atoms with E-state index in [0.717, 1.165) is 5.56 Å². The van der Waals surface area contributed by atoms with Crippen molar-refractivity contribution >= 4 is 33.4 Å². The minimum Gasteiger partial charge on any atom is -0.476 e. The number of nitrogens with zero attached hydrogens (tertiary/aromatic N) is 1. The summed E-state index contributed by atoms with van der Waals surface area (Å²) in [6.07, 6.45) is -1.66. The van der Waals surface area contributed by atoms with Gasteiger partial charge in [-0.2, -0.15) is 0 Å². The first-order valence-electron chi connectivity index (χ1n) is 11.0. The maximum atomic E-state index is 13.6. The molecule has 10 heteroatoms. The lowest BCUT2D eigenvalue weighted by molar-refractivity contribution is -0.127. The largest absolute Gasteiger partial charge is 0.476 e. The predicted octanol–water partition coefficient (Wildman–Crippen LogP) is 3.53. The fourth-order valence-electron chi connectivity index (χ4n) is 3.59. The number of rotatable bonds is 7. The molecular formula is C25H25N3O6S. The number of hydrogen-bond donors (Lipinski definition) is 2. The molecular weight excluding hydrogens is 470 g/mol. The van der Waals surface area contributed by atoms with E-state index in [2.05, 4.69) is 10.6 Å². The topological polar surface area (TPSA) is 114 Å². The average molecular weight is 496 g/mol. The molecule has 9 nitrogen and oxygen atoms in total. The van der Waals surface area contributed by atoms with Crippen LogP contribution in [-0.2, 0) is 26.1 Å². The van der Waals surface area contributed by atoms with Gasteiger partial charge in [0, 0.05) is 12.2 Å². The monoisotopic (exact) mass is 495 g/mol. The Kier molecular flexibility index (Phi) is 7.21. The summed E-state index contributed by atoms with van der Waals surface area (Å²) < 4.78 is 39.0. The van der Waals surface area contributed by atoms with Gasteiger partial charge >= 0.3 is 6.09 Å². The minimum absolute atomic E-state index is 0.00653. The molecule has 2 N–H and O–H groups in total. The van der Waals surface area contributed by atoms with Gasteiger partial charge in [-0.15, -0.1) is 0 Å². The van der Waals surface area contributed by atoms with E-state index in [1.165, 1.54) is 28.6 Å². The molecule has 182 valence electrons. The number of carbonyl (C=O) groups is 2. The molecule has 35 heavy (non-hydrogen) atoms. The predicted molar refractivity (Wildman–Crippen MR) is 131 cm³/mol. The van der Waals surface area contributed by atoms with Gasteiger partial charge in [0.15, 0.2) is 6.10 Å². The zero-order valence-electron chi connectivity index (χ0n) is 19.0. The summed E-state index contributed by atoms with van der Waals surface area (Å²) in [5.41, 5.74) is 1.65. The molecule has 1 atom stereocenters. The van der Waals surface area contributed by atoms with Gasteiger partial charge in [0.1, 0.15) is 5.75 Å². The molecule has 0 unspecified atom stereocenters. The molecule has 0 spiro atoms. The van der Waals surface area contributed by atoms with Gasteiger partial charge in [-0.3, -0.25) is 14.4 Å². The third-order valence-electron chi connectivity index (χ3n) is 5.30. The van der Waals surface area contributed by atoms with Crippen LogP contribution in [0.1, 0.15) is 12.5 Å². The molecule has 1 aliphatic heterocycles. The van der Waals surface area contributed by atoms with Crippen molar-refractivity contribution < 1.29 is 27.5 Å². The molecule has 0 aromatic heterocycles. The van der Waals surface area contributed by atoms with E-state index < -0.39 is 28.1 Å². The fourth-order valence-corrected chi connectivity index (χ4v) is 5.06. The number of ether oxygens (including phenoxy) is 2. The molecule has 0 aliphatic carbocycles. The number of para-hydroxylation sites is 2. The van der Waals surface area contributed by atoms with Crippen LogP contribution in [0.25, 0.3) is 0 Å². The molecule has 3 aromatic carbocycles. The third-order valence-corrected chi connectivity index (χ3v) is 7.09. The van der Waals surface area contributed by atoms with E-state index in [1.54, 1.807) is 31.2 Å². The van der Waals surface area contributed by atoms with Crippen LogP contribution < -0.4 is 19.7 Å². The first-order chi connectivity index (χ1) is 16.9. The van der Waals surface area contributed by atoms with Crippen LogP contribution in [0.2, 0.25) is 0 Å². The van der Waals surface area contributed by atoms with Crippen molar-refractivity contribution in [2.75, 3.05) is 22.8 Å². The van der Waals surface area contributed by atoms with Crippen molar-refractivity contribution in [1.29, 1.82) is 0 Å². The van der Waals surface area contributed by atoms with E-state index in [0.29, 0.717) is 23.7 Å². The zero-order chi connectivity index (χ0) is 24.8. The number of fused-ring (bicyclic) bond motifs is 1. The highest BCUT2D eigenvalue weighted by Crippen LogP contribution is 2.37. The van der Waals surface area contributed by atoms with Gasteiger partial charge in [0.25, 0.3) is 15.9 Å². The molecule has 1 heterocycles. The van der Waals surface area contributed by atoms with Crippen molar-refractivity contribution in [3.05, 3.63) is 84.4 Å². The second kappa shape index (κ2) is 10.5. The summed E-state index contributed by atoms with van der Waals surface area (Å²) in [4.78, 5) is 24.5. The summed E-state index contributed by atoms with van der Waals surface area (Å²) in [7, 11) is -4.04. The highest BCUT2D eigenvalue weighted by Gasteiger charge is 2.37. The lowest BCUT2D eigenvalue weighted by atomic mass is 10.2. The Balaban J connectivity index is 1.55. The van der Waals surface area contributed by atoms with E-state index in [4.69, 9.17) is 9.47 Å². The Morgan fingerprint density at radius 2 is 1.69 bits per heavy atom. The fraction of sp³-hybridized carbons (Fsp3) is 0.200. The van der Waals surface area contributed by atoms with Crippen molar-refractivity contribution in [1.82, 2.24) is 5.32 Å². The van der Waals surface area contributed by atoms with Gasteiger partial charge in [0.2, 0.25) is 0 Å². The van der Waals surface area contributed by atoms with Crippen LogP contribution in [0, 0.1) is 0 Å². The molecule has 0 bridgehead atoms. The summed E-state index contributed by atoms with van der Waals surface area (Å²) in [6, 6.07) is 21.8. The van der Waals surface area contributed by atoms with Crippen LogP contribution in [0.3, 0.4) is 0 Å². The molecule has 0 saturated heterocycles. The Morgan fingerprint density at radius 3 is 2.40 bits per heavy atom. The number of sulfonamides is 1. The molecule has 0 fully saturated rings. The first-order valence-corrected chi connectivity index (χ1v) is 12.5. The molecule has 0 saturated carbocycles. The van der Waals surface area contributed by atoms with Gasteiger partial charge in [0.05, 0.1) is 23.7 Å². The van der Waals surface area contributed by atoms with Crippen LogP contribution in [0.5, 0.6) is 5.75 Å². The quantitative estimate of drug-likeness (QED) is 0.518. The Bertz CT molecular complexity index is 1300. The van der Waals surface area contributed by atoms with E-state index in [9.17, 15) is 18.0 Å². The lowest BCUT2D eigenvalue weighted by Gasteiger charge is -2.34. The summed E-state index contributed by atoms with van der Waals surface area (Å²) in [5.74, 6) is -0.125. The van der Waals surface area contributed by atoms with Gasteiger partial charge < -0.3 is 14.8 Å². The van der Waals surface area contributed by atoms with Crippen LogP contribution >= 0.6 is 0 Å². The molecule has 3 aromatic rings. The zero-order valence-corrected chi connectivity index (χ0v) is 19.8. The van der Waals surface area contributed by atoms with Gasteiger partial charge in [-0.1, -0.05) is 42.5 Å². The first kappa shape index (κ1) is 24.1. The summed E-state index contributed by atoms with van der Waals surface area (Å²) >= 11 is 0. The molecule has 2 amide bonds. The van der Waals surface area contributed by atoms with E-state index in [-0.39, 0.29) is 18.0 Å². The van der Waals surface area contributed by atoms with Gasteiger partial charge in [-0.25, -0.2) is 13.2 Å². The van der Waals surface area contributed by atoms with Crippen molar-refractivity contribution in [3.63, 3.8) is 0 Å². The normalized spacial score (nSPS) is 14.9. The summed E-state index contributed by atoms with van der Waals surface area (Å²) in [5, 5.41) is 5.33. The second-order valence-corrected chi connectivity index (χ2v) is 9.55. The second-order valence-electron chi connectivity index (χ2n) is 7.68. The smallest absolute Gasteiger partial charge is 0.411 e. The Morgan fingerprint density at radius 1 is 1.00 bits per heavy atom. The average Bonchev–Trinajstić information content (AvgIpc) is 2.87. The Labute approximate surface area is 203 Å². The van der Waals surface area contributed by atoms with Crippen LogP contribution in [0.4, 0.5) is 16.2 Å². The van der Waals surface area contributed by atoms with Crippen LogP contribution in [-0.4, -0.2) is 39.7 Å². The SMILES string of the molecule is CCOC(=O)Nc1ccc(S(=O)(=O)N2C[C@@H](C(=O)NCc3ccccc3)Oc3ccccc32)cc1. The number of benzene rings is 3. The summed E-state index contributed by atoms with van der Waals surface area (Å²) in [6.45, 7) is 2.01. The molecule has 1 aliphatic rings. The maximum Gasteiger partial charge on any atom is 0.411 e. The maximum absolute atomic E-state index is 13.6. The number of anilines is 2. The standard InChI is InChI=1S/C25H25N3O6S/c1-2-33-25(30)27-19-12-14-20(15-13-19)35(31,32)28-17-23(34-22-11-7-6-10-21(22)28)24(29)26-16-18-8-4-3-5-9-18/h3-15,23H,2,16-17H2,1H3,(H,26,29)(H,27,30)/t23-/m0/s1. The van der Waals surface area contributed by atoms with Crippen molar-refractivity contribution in [2.45, 2.75) is 24.5 Å². The lowest BCUT2D eigenvalue weighted by Crippen LogP contribution is -2.50. The van der Waals surface area contributed by atoms with Crippen molar-refractivity contribution in [3.8, 4) is 5.75 Å². The Hall–Kier alpha value is -4.05. The highest BCUT2D eigenvalue weighted by molar-refractivity contribution is 7.92. The highest BCUT2D eigenvalue weighted by atomic mass is 32.2. The molecule has 4 rings (SSSR count). The van der Waals surface area contributed by atoms with Crippen LogP contribution in [0.15, 0.2) is 83.8 Å².